The molecule has 1 unspecified atom stereocenters. The fourth-order valence-electron chi connectivity index (χ4n) is 1.42. The van der Waals surface area contributed by atoms with Gasteiger partial charge in [0.25, 0.3) is 0 Å². The van der Waals surface area contributed by atoms with Crippen molar-refractivity contribution >= 4 is 31.9 Å². The maximum absolute atomic E-state index is 11.8. The minimum atomic E-state index is -4.58. The van der Waals surface area contributed by atoms with E-state index in [9.17, 15) is 18.8 Å². The predicted octanol–water partition coefficient (Wildman–Crippen LogP) is 0.700. The molecule has 9 heteroatoms. The molecule has 0 aliphatic heterocycles. The van der Waals surface area contributed by atoms with Gasteiger partial charge < -0.3 is 19.6 Å². The van der Waals surface area contributed by atoms with Gasteiger partial charge in [0.2, 0.25) is 13.3 Å². The van der Waals surface area contributed by atoms with E-state index in [2.05, 4.69) is 0 Å². The quantitative estimate of drug-likeness (QED) is 0.705. The number of nitrogens with zero attached hydrogens (tertiary/aromatic N) is 1. The van der Waals surface area contributed by atoms with Gasteiger partial charge in [-0.15, -0.1) is 0 Å². The van der Waals surface area contributed by atoms with Crippen molar-refractivity contribution in [3.8, 4) is 0 Å². The second-order valence-electron chi connectivity index (χ2n) is 4.10. The number of hydrogen-bond donors (Lipinski definition) is 3. The van der Waals surface area contributed by atoms with E-state index < -0.39 is 20.9 Å². The molecule has 0 fully saturated rings. The van der Waals surface area contributed by atoms with Gasteiger partial charge in [-0.05, 0) is 24.3 Å². The summed E-state index contributed by atoms with van der Waals surface area (Å²) in [6, 6.07) is 5.45. The molecule has 0 spiro atoms. The molecule has 3 N–H and O–H groups in total. The molecule has 1 aromatic rings. The van der Waals surface area contributed by atoms with Gasteiger partial charge in [0.15, 0.2) is 0 Å². The Labute approximate surface area is 110 Å². The Morgan fingerprint density at radius 3 is 2.00 bits per heavy atom. The van der Waals surface area contributed by atoms with E-state index in [1.807, 2.05) is 0 Å². The summed E-state index contributed by atoms with van der Waals surface area (Å²) in [7, 11) is -7.14. The molecule has 1 rings (SSSR count). The van der Waals surface area contributed by atoms with E-state index in [1.165, 1.54) is 36.1 Å². The van der Waals surface area contributed by atoms with E-state index in [1.54, 1.807) is 7.05 Å². The standard InChI is InChI=1S/C10H15NO6P2/c1-8(12)11(2)9-3-5-10(6-4-9)18(13,14)7-19(15,16)17/h3-6H,7H2,1-2H3,(H,13,14)(H2,15,16,17). The zero-order chi connectivity index (χ0) is 14.8. The number of rotatable bonds is 4. The van der Waals surface area contributed by atoms with Crippen molar-refractivity contribution in [2.45, 2.75) is 6.92 Å². The first-order valence-electron chi connectivity index (χ1n) is 5.24. The van der Waals surface area contributed by atoms with E-state index in [-0.39, 0.29) is 11.2 Å². The minimum Gasteiger partial charge on any atom is -0.341 e. The highest BCUT2D eigenvalue weighted by molar-refractivity contribution is 7.77. The Bertz CT molecular complexity index is 564. The zero-order valence-corrected chi connectivity index (χ0v) is 12.2. The van der Waals surface area contributed by atoms with Crippen LogP contribution in [0.4, 0.5) is 5.69 Å². The fraction of sp³-hybridized carbons (Fsp3) is 0.300. The fourth-order valence-corrected chi connectivity index (χ4v) is 4.69. The maximum atomic E-state index is 11.8. The summed E-state index contributed by atoms with van der Waals surface area (Å²) in [5.74, 6) is -1.29. The third kappa shape index (κ3) is 4.56. The van der Waals surface area contributed by atoms with Crippen LogP contribution in [0, 0.1) is 0 Å². The summed E-state index contributed by atoms with van der Waals surface area (Å²) in [5.41, 5.74) is 0.521. The van der Waals surface area contributed by atoms with E-state index in [0.29, 0.717) is 5.69 Å². The van der Waals surface area contributed by atoms with Crippen LogP contribution in [0.25, 0.3) is 0 Å². The lowest BCUT2D eigenvalue weighted by atomic mass is 10.3. The van der Waals surface area contributed by atoms with Crippen LogP contribution in [0.15, 0.2) is 24.3 Å². The number of amides is 1. The normalized spacial score (nSPS) is 14.8. The molecule has 0 heterocycles. The van der Waals surface area contributed by atoms with Crippen LogP contribution in [0.2, 0.25) is 0 Å². The van der Waals surface area contributed by atoms with Crippen molar-refractivity contribution in [3.63, 3.8) is 0 Å². The molecule has 0 aromatic heterocycles. The van der Waals surface area contributed by atoms with Crippen molar-refractivity contribution in [1.29, 1.82) is 0 Å². The van der Waals surface area contributed by atoms with Crippen LogP contribution in [0.5, 0.6) is 0 Å². The van der Waals surface area contributed by atoms with E-state index >= 15 is 0 Å². The summed E-state index contributed by atoms with van der Waals surface area (Å²) >= 11 is 0. The molecular formula is C10H15NO6P2. The second kappa shape index (κ2) is 5.57. The molecule has 106 valence electrons. The molecule has 1 atom stereocenters. The summed E-state index contributed by atoms with van der Waals surface area (Å²) < 4.78 is 22.6. The number of anilines is 1. The average molecular weight is 307 g/mol. The lowest BCUT2D eigenvalue weighted by Crippen LogP contribution is -2.23. The maximum Gasteiger partial charge on any atom is 0.335 e. The van der Waals surface area contributed by atoms with Gasteiger partial charge in [-0.2, -0.15) is 0 Å². The summed E-state index contributed by atoms with van der Waals surface area (Å²) in [5, 5.41) is -0.0588. The zero-order valence-electron chi connectivity index (χ0n) is 10.4. The molecule has 1 aromatic carbocycles. The van der Waals surface area contributed by atoms with Gasteiger partial charge in [0.1, 0.15) is 5.90 Å². The molecule has 0 saturated carbocycles. The highest BCUT2D eigenvalue weighted by Crippen LogP contribution is 2.53. The largest absolute Gasteiger partial charge is 0.341 e. The lowest BCUT2D eigenvalue weighted by molar-refractivity contribution is -0.116. The summed E-state index contributed by atoms with van der Waals surface area (Å²) in [6.07, 6.45) is 0. The molecule has 0 radical (unpaired) electrons. The van der Waals surface area contributed by atoms with Gasteiger partial charge in [0.05, 0.1) is 0 Å². The van der Waals surface area contributed by atoms with Crippen molar-refractivity contribution in [2.24, 2.45) is 0 Å². The first kappa shape index (κ1) is 16.1. The van der Waals surface area contributed by atoms with Gasteiger partial charge in [-0.25, -0.2) is 0 Å². The Balaban J connectivity index is 3.02. The first-order chi connectivity index (χ1) is 8.53. The monoisotopic (exact) mass is 307 g/mol. The smallest absolute Gasteiger partial charge is 0.335 e. The van der Waals surface area contributed by atoms with Crippen molar-refractivity contribution in [1.82, 2.24) is 0 Å². The second-order valence-corrected chi connectivity index (χ2v) is 8.48. The van der Waals surface area contributed by atoms with Crippen LogP contribution in [-0.2, 0) is 13.9 Å². The molecule has 0 saturated heterocycles. The number of carbonyl (C=O) groups is 1. The highest BCUT2D eigenvalue weighted by Gasteiger charge is 2.31. The minimum absolute atomic E-state index is 0.0588. The van der Waals surface area contributed by atoms with Crippen LogP contribution in [0.1, 0.15) is 6.92 Å². The van der Waals surface area contributed by atoms with Gasteiger partial charge in [-0.3, -0.25) is 13.9 Å². The average Bonchev–Trinajstić information content (AvgIpc) is 2.25. The Kier molecular flexibility index (Phi) is 4.72. The Morgan fingerprint density at radius 1 is 1.16 bits per heavy atom. The topological polar surface area (TPSA) is 115 Å². The number of benzene rings is 1. The molecule has 19 heavy (non-hydrogen) atoms. The van der Waals surface area contributed by atoms with Crippen LogP contribution >= 0.6 is 15.0 Å². The Hall–Kier alpha value is -0.970. The molecule has 7 nitrogen and oxygen atoms in total. The molecular weight excluding hydrogens is 292 g/mol. The third-order valence-electron chi connectivity index (χ3n) is 2.49. The van der Waals surface area contributed by atoms with Crippen molar-refractivity contribution < 1.29 is 28.6 Å². The first-order valence-corrected chi connectivity index (χ1v) is 8.88. The summed E-state index contributed by atoms with van der Waals surface area (Å²) in [6.45, 7) is 1.37. The highest BCUT2D eigenvalue weighted by atomic mass is 31.2. The third-order valence-corrected chi connectivity index (χ3v) is 6.60. The van der Waals surface area contributed by atoms with Gasteiger partial charge >= 0.3 is 7.60 Å². The van der Waals surface area contributed by atoms with Crippen molar-refractivity contribution in [3.05, 3.63) is 24.3 Å². The van der Waals surface area contributed by atoms with Gasteiger partial charge in [-0.1, -0.05) is 0 Å². The predicted molar refractivity (Wildman–Crippen MR) is 71.9 cm³/mol. The molecule has 1 amide bonds. The Morgan fingerprint density at radius 2 is 1.63 bits per heavy atom. The molecule has 0 aliphatic rings. The summed E-state index contributed by atoms with van der Waals surface area (Å²) in [4.78, 5) is 39.6. The van der Waals surface area contributed by atoms with Crippen LogP contribution in [-0.4, -0.2) is 33.5 Å². The van der Waals surface area contributed by atoms with E-state index in [0.717, 1.165) is 0 Å². The SMILES string of the molecule is CC(=O)N(C)c1ccc(P(=O)(O)CP(=O)(O)O)cc1. The number of carbonyl (C=O) groups excluding carboxylic acids is 1. The molecule has 0 bridgehead atoms. The van der Waals surface area contributed by atoms with Crippen LogP contribution in [0.3, 0.4) is 0 Å². The number of hydrogen-bond acceptors (Lipinski definition) is 3. The lowest BCUT2D eigenvalue weighted by Gasteiger charge is -2.17. The van der Waals surface area contributed by atoms with Crippen LogP contribution < -0.4 is 10.2 Å². The molecule has 0 aliphatic carbocycles. The van der Waals surface area contributed by atoms with Gasteiger partial charge in [0, 0.05) is 25.0 Å². The van der Waals surface area contributed by atoms with Crippen molar-refractivity contribution in [2.75, 3.05) is 17.9 Å². The van der Waals surface area contributed by atoms with E-state index in [4.69, 9.17) is 9.79 Å².